The molecule has 0 spiro atoms. The molecule has 0 N–H and O–H groups in total. The van der Waals surface area contributed by atoms with Crippen molar-refractivity contribution in [2.45, 2.75) is 18.7 Å². The maximum atomic E-state index is 12.8. The van der Waals surface area contributed by atoms with E-state index in [1.54, 1.807) is 45.2 Å². The second kappa shape index (κ2) is 5.22. The normalized spacial score (nSPS) is 11.2. The van der Waals surface area contributed by atoms with Crippen molar-refractivity contribution in [3.05, 3.63) is 41.2 Å². The fraction of sp³-hybridized carbons (Fsp3) is 0.286. The first kappa shape index (κ1) is 15.1. The number of benzene rings is 1. The third kappa shape index (κ3) is 2.38. The van der Waals surface area contributed by atoms with Crippen molar-refractivity contribution in [1.29, 1.82) is 5.26 Å². The Labute approximate surface area is 124 Å². The number of hydrogen-bond acceptors (Lipinski definition) is 4. The maximum absolute atomic E-state index is 12.8. The molecular weight excluding hydrogens is 288 g/mol. The molecule has 2 aromatic rings. The summed E-state index contributed by atoms with van der Waals surface area (Å²) in [5, 5.41) is 13.3. The van der Waals surface area contributed by atoms with Gasteiger partial charge in [-0.25, -0.2) is 8.42 Å². The van der Waals surface area contributed by atoms with Gasteiger partial charge in [-0.3, -0.25) is 8.99 Å². The molecule has 7 heteroatoms. The van der Waals surface area contributed by atoms with Gasteiger partial charge in [-0.1, -0.05) is 12.1 Å². The van der Waals surface area contributed by atoms with Gasteiger partial charge in [-0.15, -0.1) is 0 Å². The van der Waals surface area contributed by atoms with E-state index in [0.717, 1.165) is 4.31 Å². The van der Waals surface area contributed by atoms with Crippen LogP contribution in [0.3, 0.4) is 0 Å². The predicted octanol–water partition coefficient (Wildman–Crippen LogP) is 1.73. The molecule has 0 radical (unpaired) electrons. The number of nitriles is 1. The summed E-state index contributed by atoms with van der Waals surface area (Å²) < 4.78 is 28.3. The van der Waals surface area contributed by atoms with Gasteiger partial charge in [0.2, 0.25) is 0 Å². The highest BCUT2D eigenvalue weighted by Crippen LogP contribution is 2.28. The molecule has 110 valence electrons. The second-order valence-electron chi connectivity index (χ2n) is 4.73. The van der Waals surface area contributed by atoms with Crippen molar-refractivity contribution in [1.82, 2.24) is 9.78 Å². The minimum atomic E-state index is -3.77. The summed E-state index contributed by atoms with van der Waals surface area (Å²) in [6.07, 6.45) is 0. The lowest BCUT2D eigenvalue weighted by Gasteiger charge is -2.20. The van der Waals surface area contributed by atoms with Crippen LogP contribution in [-0.4, -0.2) is 25.2 Å². The highest BCUT2D eigenvalue weighted by Gasteiger charge is 2.29. The average Bonchev–Trinajstić information content (AvgIpc) is 2.71. The van der Waals surface area contributed by atoms with Crippen LogP contribution in [0.25, 0.3) is 0 Å². The van der Waals surface area contributed by atoms with E-state index >= 15 is 0 Å². The van der Waals surface area contributed by atoms with Gasteiger partial charge in [0.15, 0.2) is 0 Å². The SMILES string of the molecule is Cc1nn(C)c(C)c1S(=O)(=O)N(C)c1ccccc1C#N. The molecular formula is C14H16N4O2S. The van der Waals surface area contributed by atoms with Crippen molar-refractivity contribution in [3.63, 3.8) is 0 Å². The zero-order valence-corrected chi connectivity index (χ0v) is 13.1. The second-order valence-corrected chi connectivity index (χ2v) is 6.63. The van der Waals surface area contributed by atoms with Crippen molar-refractivity contribution in [2.24, 2.45) is 7.05 Å². The van der Waals surface area contributed by atoms with Crippen molar-refractivity contribution in [2.75, 3.05) is 11.4 Å². The van der Waals surface area contributed by atoms with E-state index < -0.39 is 10.0 Å². The highest BCUT2D eigenvalue weighted by atomic mass is 32.2. The van der Waals surface area contributed by atoms with E-state index in [-0.39, 0.29) is 4.90 Å². The first-order valence-electron chi connectivity index (χ1n) is 6.29. The molecule has 0 aliphatic rings. The Bertz CT molecular complexity index is 831. The number of hydrogen-bond donors (Lipinski definition) is 0. The summed E-state index contributed by atoms with van der Waals surface area (Å²) in [6, 6.07) is 8.60. The van der Waals surface area contributed by atoms with Crippen molar-refractivity contribution in [3.8, 4) is 6.07 Å². The summed E-state index contributed by atoms with van der Waals surface area (Å²) in [4.78, 5) is 0.181. The van der Waals surface area contributed by atoms with Crippen molar-refractivity contribution >= 4 is 15.7 Å². The lowest BCUT2D eigenvalue weighted by molar-refractivity contribution is 0.592. The van der Waals surface area contributed by atoms with Crippen LogP contribution in [0.4, 0.5) is 5.69 Å². The Morgan fingerprint density at radius 2 is 1.90 bits per heavy atom. The molecule has 0 atom stereocenters. The van der Waals surface area contributed by atoms with E-state index in [4.69, 9.17) is 5.26 Å². The zero-order chi connectivity index (χ0) is 15.8. The molecule has 0 unspecified atom stereocenters. The highest BCUT2D eigenvalue weighted by molar-refractivity contribution is 7.92. The van der Waals surface area contributed by atoms with Gasteiger partial charge in [0.1, 0.15) is 11.0 Å². The third-order valence-electron chi connectivity index (χ3n) is 3.42. The van der Waals surface area contributed by atoms with Crippen LogP contribution < -0.4 is 4.31 Å². The summed E-state index contributed by atoms with van der Waals surface area (Å²) >= 11 is 0. The number of sulfonamides is 1. The Kier molecular flexibility index (Phi) is 3.75. The molecule has 2 rings (SSSR count). The van der Waals surface area contributed by atoms with E-state index in [2.05, 4.69) is 5.10 Å². The van der Waals surface area contributed by atoms with E-state index in [9.17, 15) is 8.42 Å². The van der Waals surface area contributed by atoms with Gasteiger partial charge >= 0.3 is 0 Å². The quantitative estimate of drug-likeness (QED) is 0.865. The molecule has 0 bridgehead atoms. The van der Waals surface area contributed by atoms with Crippen LogP contribution in [0.5, 0.6) is 0 Å². The van der Waals surface area contributed by atoms with Gasteiger partial charge in [0.05, 0.1) is 22.6 Å². The van der Waals surface area contributed by atoms with Crippen LogP contribution in [0.1, 0.15) is 17.0 Å². The summed E-state index contributed by atoms with van der Waals surface area (Å²) in [5.74, 6) is 0. The fourth-order valence-electron chi connectivity index (χ4n) is 2.24. The summed E-state index contributed by atoms with van der Waals surface area (Å²) in [6.45, 7) is 3.36. The molecule has 0 amide bonds. The van der Waals surface area contributed by atoms with Crippen molar-refractivity contribution < 1.29 is 8.42 Å². The fourth-order valence-corrected chi connectivity index (χ4v) is 3.85. The minimum Gasteiger partial charge on any atom is -0.271 e. The third-order valence-corrected chi connectivity index (χ3v) is 5.45. The molecule has 0 aliphatic carbocycles. The smallest absolute Gasteiger partial charge is 0.267 e. The number of aryl methyl sites for hydroxylation is 2. The Balaban J connectivity index is 2.62. The lowest BCUT2D eigenvalue weighted by Crippen LogP contribution is -2.28. The molecule has 0 fully saturated rings. The zero-order valence-electron chi connectivity index (χ0n) is 12.3. The Morgan fingerprint density at radius 1 is 1.29 bits per heavy atom. The number of para-hydroxylation sites is 1. The number of nitrogens with zero attached hydrogens (tertiary/aromatic N) is 4. The molecule has 1 heterocycles. The largest absolute Gasteiger partial charge is 0.271 e. The minimum absolute atomic E-state index is 0.181. The van der Waals surface area contributed by atoms with E-state index in [1.165, 1.54) is 11.7 Å². The first-order valence-corrected chi connectivity index (χ1v) is 7.73. The van der Waals surface area contributed by atoms with Gasteiger partial charge in [-0.2, -0.15) is 10.4 Å². The molecule has 6 nitrogen and oxygen atoms in total. The number of rotatable bonds is 3. The number of anilines is 1. The Hall–Kier alpha value is -2.33. The molecule has 1 aromatic heterocycles. The van der Waals surface area contributed by atoms with Crippen LogP contribution >= 0.6 is 0 Å². The lowest BCUT2D eigenvalue weighted by atomic mass is 10.2. The Morgan fingerprint density at radius 3 is 2.43 bits per heavy atom. The topological polar surface area (TPSA) is 79.0 Å². The molecule has 21 heavy (non-hydrogen) atoms. The monoisotopic (exact) mass is 304 g/mol. The molecule has 0 saturated heterocycles. The summed E-state index contributed by atoms with van der Waals surface area (Å²) in [5.41, 5.74) is 1.66. The maximum Gasteiger partial charge on any atom is 0.267 e. The van der Waals surface area contributed by atoms with Crippen LogP contribution in [-0.2, 0) is 17.1 Å². The van der Waals surface area contributed by atoms with Gasteiger partial charge in [0.25, 0.3) is 10.0 Å². The van der Waals surface area contributed by atoms with Gasteiger partial charge < -0.3 is 0 Å². The van der Waals surface area contributed by atoms with E-state index in [0.29, 0.717) is 22.6 Å². The summed E-state index contributed by atoms with van der Waals surface area (Å²) in [7, 11) is -0.625. The van der Waals surface area contributed by atoms with E-state index in [1.807, 2.05) is 6.07 Å². The van der Waals surface area contributed by atoms with Crippen LogP contribution in [0.2, 0.25) is 0 Å². The van der Waals surface area contributed by atoms with Gasteiger partial charge in [0, 0.05) is 14.1 Å². The number of aromatic nitrogens is 2. The predicted molar refractivity (Wildman–Crippen MR) is 79.4 cm³/mol. The first-order chi connectivity index (χ1) is 9.80. The molecule has 0 saturated carbocycles. The van der Waals surface area contributed by atoms with Crippen LogP contribution in [0, 0.1) is 25.2 Å². The average molecular weight is 304 g/mol. The standard InChI is InChI=1S/C14H16N4O2S/c1-10-14(11(2)17(3)16-10)21(19,20)18(4)13-8-6-5-7-12(13)9-15/h5-8H,1-4H3. The van der Waals surface area contributed by atoms with Gasteiger partial charge in [-0.05, 0) is 26.0 Å². The van der Waals surface area contributed by atoms with Crippen LogP contribution in [0.15, 0.2) is 29.2 Å². The molecule has 1 aromatic carbocycles. The molecule has 0 aliphatic heterocycles.